The van der Waals surface area contributed by atoms with Gasteiger partial charge in [-0.05, 0) is 35.4 Å². The summed E-state index contributed by atoms with van der Waals surface area (Å²) in [6.07, 6.45) is 3.14. The molecule has 1 N–H and O–H groups in total. The lowest BCUT2D eigenvalue weighted by atomic mass is 10.1. The Morgan fingerprint density at radius 1 is 1.18 bits per heavy atom. The number of hydrogen-bond donors (Lipinski definition) is 1. The van der Waals surface area contributed by atoms with Crippen LogP contribution in [0.15, 0.2) is 54.9 Å². The average Bonchev–Trinajstić information content (AvgIpc) is 3.36. The van der Waals surface area contributed by atoms with E-state index in [2.05, 4.69) is 10.4 Å². The summed E-state index contributed by atoms with van der Waals surface area (Å²) in [5, 5.41) is 6.74. The number of benzene rings is 2. The summed E-state index contributed by atoms with van der Waals surface area (Å²) in [7, 11) is 1.58. The van der Waals surface area contributed by atoms with Crippen molar-refractivity contribution < 1.29 is 32.2 Å². The lowest BCUT2D eigenvalue weighted by Gasteiger charge is -2.31. The fourth-order valence-electron chi connectivity index (χ4n) is 4.73. The number of ether oxygens (including phenoxy) is 2. The Bertz CT molecular complexity index is 1370. The minimum absolute atomic E-state index is 0.0842. The first-order chi connectivity index (χ1) is 19.2. The number of likely N-dealkylation sites (tertiary alicyclic amines) is 1. The van der Waals surface area contributed by atoms with Gasteiger partial charge in [0.2, 0.25) is 0 Å². The molecule has 2 amide bonds. The van der Waals surface area contributed by atoms with Crippen molar-refractivity contribution in [3.63, 3.8) is 0 Å². The number of nitrogens with one attached hydrogen (secondary N) is 1. The molecule has 0 saturated carbocycles. The van der Waals surface area contributed by atoms with Crippen LogP contribution in [-0.2, 0) is 11.2 Å². The van der Waals surface area contributed by atoms with Gasteiger partial charge >= 0.3 is 6.03 Å². The fourth-order valence-corrected chi connectivity index (χ4v) is 4.73. The SMILES string of the molecule is CN1C(=O)[C@@H](NC(=O)n2cc(Cc3cccc(F)c3)cn2)COc2ccc(OCCN3CCC(F)(F)CC3)cc21. The number of anilines is 1. The number of piperidine rings is 1. The molecule has 2 aliphatic rings. The molecule has 3 heterocycles. The van der Waals surface area contributed by atoms with E-state index in [1.807, 2.05) is 4.90 Å². The van der Waals surface area contributed by atoms with Crippen LogP contribution in [-0.4, -0.2) is 78.5 Å². The standard InChI is InChI=1S/C28H30F3N5O4/c1-34-24-15-22(39-12-11-35-9-7-28(30,31)8-10-35)5-6-25(24)40-18-23(26(34)37)33-27(38)36-17-20(16-32-36)13-19-3-2-4-21(29)14-19/h2-6,14-17,23H,7-13,18H2,1H3,(H,33,38)/t23-/m0/s1. The molecule has 2 aliphatic heterocycles. The van der Waals surface area contributed by atoms with E-state index in [0.717, 1.165) is 10.2 Å². The van der Waals surface area contributed by atoms with Gasteiger partial charge in [0.15, 0.2) is 0 Å². The Balaban J connectivity index is 1.17. The number of rotatable bonds is 7. The number of aromatic nitrogens is 2. The molecule has 1 saturated heterocycles. The zero-order valence-corrected chi connectivity index (χ0v) is 22.0. The van der Waals surface area contributed by atoms with Crippen molar-refractivity contribution in [2.45, 2.75) is 31.2 Å². The highest BCUT2D eigenvalue weighted by molar-refractivity contribution is 6.00. The van der Waals surface area contributed by atoms with Crippen LogP contribution in [0, 0.1) is 5.82 Å². The van der Waals surface area contributed by atoms with Crippen LogP contribution in [0.1, 0.15) is 24.0 Å². The molecule has 212 valence electrons. The summed E-state index contributed by atoms with van der Waals surface area (Å²) in [4.78, 5) is 29.4. The number of hydrogen-bond acceptors (Lipinski definition) is 6. The average molecular weight is 558 g/mol. The predicted octanol–water partition coefficient (Wildman–Crippen LogP) is 3.70. The second kappa shape index (κ2) is 11.6. The second-order valence-electron chi connectivity index (χ2n) is 9.99. The van der Waals surface area contributed by atoms with Crippen molar-refractivity contribution in [1.82, 2.24) is 20.0 Å². The highest BCUT2D eigenvalue weighted by atomic mass is 19.3. The molecule has 40 heavy (non-hydrogen) atoms. The molecule has 3 aromatic rings. The normalized spacial score (nSPS) is 18.9. The van der Waals surface area contributed by atoms with E-state index in [0.29, 0.717) is 55.4 Å². The Hall–Kier alpha value is -4.06. The predicted molar refractivity (Wildman–Crippen MR) is 141 cm³/mol. The Kier molecular flexibility index (Phi) is 7.97. The molecule has 0 spiro atoms. The molecular weight excluding hydrogens is 527 g/mol. The topological polar surface area (TPSA) is 88.9 Å². The molecular formula is C28H30F3N5O4. The third-order valence-electron chi connectivity index (χ3n) is 7.03. The minimum Gasteiger partial charge on any atom is -0.492 e. The van der Waals surface area contributed by atoms with Crippen LogP contribution in [0.25, 0.3) is 0 Å². The third-order valence-corrected chi connectivity index (χ3v) is 7.03. The van der Waals surface area contributed by atoms with Gasteiger partial charge < -0.3 is 19.7 Å². The van der Waals surface area contributed by atoms with Crippen LogP contribution in [0.5, 0.6) is 11.5 Å². The molecule has 0 bridgehead atoms. The van der Waals surface area contributed by atoms with Gasteiger partial charge in [0, 0.05) is 58.2 Å². The van der Waals surface area contributed by atoms with Crippen molar-refractivity contribution in [1.29, 1.82) is 0 Å². The van der Waals surface area contributed by atoms with E-state index in [-0.39, 0.29) is 31.2 Å². The summed E-state index contributed by atoms with van der Waals surface area (Å²) >= 11 is 0. The van der Waals surface area contributed by atoms with Gasteiger partial charge in [-0.1, -0.05) is 12.1 Å². The Morgan fingerprint density at radius 3 is 2.75 bits per heavy atom. The van der Waals surface area contributed by atoms with Crippen molar-refractivity contribution in [2.75, 3.05) is 44.8 Å². The molecule has 9 nitrogen and oxygen atoms in total. The summed E-state index contributed by atoms with van der Waals surface area (Å²) in [5.41, 5.74) is 1.93. The molecule has 12 heteroatoms. The first-order valence-corrected chi connectivity index (χ1v) is 13.0. The lowest BCUT2D eigenvalue weighted by molar-refractivity contribution is -0.120. The molecule has 1 aromatic heterocycles. The maximum Gasteiger partial charge on any atom is 0.342 e. The first kappa shape index (κ1) is 27.5. The molecule has 2 aromatic carbocycles. The van der Waals surface area contributed by atoms with Crippen LogP contribution in [0.2, 0.25) is 0 Å². The van der Waals surface area contributed by atoms with Gasteiger partial charge in [-0.3, -0.25) is 9.69 Å². The van der Waals surface area contributed by atoms with E-state index in [1.54, 1.807) is 37.4 Å². The Morgan fingerprint density at radius 2 is 1.98 bits per heavy atom. The zero-order valence-electron chi connectivity index (χ0n) is 22.0. The van der Waals surface area contributed by atoms with E-state index in [1.165, 1.54) is 29.4 Å². The molecule has 0 unspecified atom stereocenters. The van der Waals surface area contributed by atoms with Crippen molar-refractivity contribution in [3.05, 3.63) is 71.8 Å². The number of alkyl halides is 2. The van der Waals surface area contributed by atoms with Crippen molar-refractivity contribution >= 4 is 17.6 Å². The minimum atomic E-state index is -2.59. The molecule has 0 aliphatic carbocycles. The summed E-state index contributed by atoms with van der Waals surface area (Å²) in [6.45, 7) is 1.40. The van der Waals surface area contributed by atoms with E-state index in [9.17, 15) is 22.8 Å². The molecule has 5 rings (SSSR count). The van der Waals surface area contributed by atoms with Gasteiger partial charge in [0.25, 0.3) is 11.8 Å². The first-order valence-electron chi connectivity index (χ1n) is 13.0. The zero-order chi connectivity index (χ0) is 28.3. The van der Waals surface area contributed by atoms with E-state index < -0.39 is 18.0 Å². The summed E-state index contributed by atoms with van der Waals surface area (Å²) in [5.74, 6) is -2.35. The molecule has 1 fully saturated rings. The van der Waals surface area contributed by atoms with Gasteiger partial charge in [-0.25, -0.2) is 18.0 Å². The highest BCUT2D eigenvalue weighted by Gasteiger charge is 2.34. The number of likely N-dealkylation sites (N-methyl/N-ethyl adjacent to an activating group) is 1. The van der Waals surface area contributed by atoms with Crippen molar-refractivity contribution in [3.8, 4) is 11.5 Å². The van der Waals surface area contributed by atoms with Gasteiger partial charge in [-0.2, -0.15) is 9.78 Å². The van der Waals surface area contributed by atoms with Gasteiger partial charge in [0.1, 0.15) is 36.6 Å². The number of amides is 2. The molecule has 0 radical (unpaired) electrons. The number of fused-ring (bicyclic) bond motifs is 1. The number of nitrogens with zero attached hydrogens (tertiary/aromatic N) is 4. The van der Waals surface area contributed by atoms with Gasteiger partial charge in [-0.15, -0.1) is 0 Å². The second-order valence-corrected chi connectivity index (χ2v) is 9.99. The van der Waals surface area contributed by atoms with Crippen LogP contribution < -0.4 is 19.7 Å². The maximum atomic E-state index is 13.5. The van der Waals surface area contributed by atoms with E-state index >= 15 is 0 Å². The quantitative estimate of drug-likeness (QED) is 0.477. The van der Waals surface area contributed by atoms with Crippen LogP contribution in [0.4, 0.5) is 23.7 Å². The van der Waals surface area contributed by atoms with Crippen molar-refractivity contribution in [2.24, 2.45) is 0 Å². The van der Waals surface area contributed by atoms with Crippen LogP contribution in [0.3, 0.4) is 0 Å². The molecule has 1 atom stereocenters. The third kappa shape index (κ3) is 6.56. The number of halogens is 3. The highest BCUT2D eigenvalue weighted by Crippen LogP contribution is 2.34. The number of carbonyl (C=O) groups excluding carboxylic acids is 2. The smallest absolute Gasteiger partial charge is 0.342 e. The monoisotopic (exact) mass is 557 g/mol. The Labute approximate surface area is 229 Å². The van der Waals surface area contributed by atoms with Crippen LogP contribution >= 0.6 is 0 Å². The fraction of sp³-hybridized carbons (Fsp3) is 0.393. The maximum absolute atomic E-state index is 13.5. The summed E-state index contributed by atoms with van der Waals surface area (Å²) in [6, 6.07) is 9.67. The lowest BCUT2D eigenvalue weighted by Crippen LogP contribution is -2.50. The van der Waals surface area contributed by atoms with E-state index in [4.69, 9.17) is 9.47 Å². The number of carbonyl (C=O) groups is 2. The largest absolute Gasteiger partial charge is 0.492 e. The van der Waals surface area contributed by atoms with Gasteiger partial charge in [0.05, 0.1) is 11.9 Å². The summed E-state index contributed by atoms with van der Waals surface area (Å²) < 4.78 is 52.9.